The molecule has 6 nitrogen and oxygen atoms in total. The van der Waals surface area contributed by atoms with Crippen LogP contribution < -0.4 is 20.7 Å². The first kappa shape index (κ1) is 31.9. The Kier molecular flexibility index (Phi) is 8.48. The number of aromatic nitrogens is 2. The van der Waals surface area contributed by atoms with Crippen LogP contribution in [0.1, 0.15) is 66.1 Å². The van der Waals surface area contributed by atoms with Crippen LogP contribution in [0.3, 0.4) is 0 Å². The predicted octanol–water partition coefficient (Wildman–Crippen LogP) is 5.92. The molecule has 2 aliphatic rings. The molecular formula is C42H43N3O3-2. The second-order valence-electron chi connectivity index (χ2n) is 13.8. The van der Waals surface area contributed by atoms with Crippen LogP contribution in [-0.4, -0.2) is 28.5 Å². The third kappa shape index (κ3) is 5.33. The van der Waals surface area contributed by atoms with Gasteiger partial charge in [-0.1, -0.05) is 116 Å². The number of rotatable bonds is 9. The fourth-order valence-electron chi connectivity index (χ4n) is 8.10. The molecule has 5 aromatic rings. The lowest BCUT2D eigenvalue weighted by atomic mass is 9.63. The molecule has 0 radical (unpaired) electrons. The average molecular weight is 638 g/mol. The summed E-state index contributed by atoms with van der Waals surface area (Å²) in [6.45, 7) is 8.93. The number of fused-ring (bicyclic) bond motifs is 1. The Bertz CT molecular complexity index is 1930. The topological polar surface area (TPSA) is 87.2 Å². The third-order valence-electron chi connectivity index (χ3n) is 10.5. The van der Waals surface area contributed by atoms with Crippen LogP contribution in [-0.2, 0) is 18.3 Å². The summed E-state index contributed by atoms with van der Waals surface area (Å²) >= 11 is 0. The van der Waals surface area contributed by atoms with E-state index in [0.717, 1.165) is 24.2 Å². The zero-order chi connectivity index (χ0) is 33.6. The van der Waals surface area contributed by atoms with Crippen LogP contribution in [0.2, 0.25) is 0 Å². The van der Waals surface area contributed by atoms with Gasteiger partial charge in [0.2, 0.25) is 0 Å². The highest BCUT2D eigenvalue weighted by Crippen LogP contribution is 2.54. The molecule has 1 aromatic heterocycles. The number of likely N-dealkylation sites (N-methyl/N-ethyl adjacent to an activating group) is 1. The number of hydrogen-bond donors (Lipinski definition) is 1. The molecule has 246 valence electrons. The summed E-state index contributed by atoms with van der Waals surface area (Å²) in [5, 5.41) is 31.9. The summed E-state index contributed by atoms with van der Waals surface area (Å²) in [5.41, 5.74) is 7.84. The van der Waals surface area contributed by atoms with Crippen molar-refractivity contribution >= 4 is 5.69 Å². The standard InChI is InChI=1S/C42H43N3O3/c1-5-44-34-22-21-28(4)23-33(34)42(25-29-15-9-6-10-16-29,26-30-17-11-7-12-18-30)35(44)24-32-39(46)37(40(32)47)36-38(27(2)3)43-45(41(36)48)31-19-13-8-14-20-31/h6-24,27,32,37,39-40,43H,5,25-26H2,1-4H3/q-2. The maximum Gasteiger partial charge on any atom is 0.274 e. The molecule has 2 unspecified atom stereocenters. The Hall–Kier alpha value is -4.65. The lowest BCUT2D eigenvalue weighted by Gasteiger charge is -2.60. The van der Waals surface area contributed by atoms with Crippen molar-refractivity contribution in [2.24, 2.45) is 5.92 Å². The fraction of sp³-hybridized carbons (Fsp3) is 0.310. The van der Waals surface area contributed by atoms with Crippen LogP contribution >= 0.6 is 0 Å². The van der Waals surface area contributed by atoms with Crippen molar-refractivity contribution in [2.75, 3.05) is 11.4 Å². The summed E-state index contributed by atoms with van der Waals surface area (Å²) in [4.78, 5) is 16.2. The van der Waals surface area contributed by atoms with E-state index >= 15 is 0 Å². The molecule has 1 fully saturated rings. The van der Waals surface area contributed by atoms with Gasteiger partial charge in [-0.25, -0.2) is 4.68 Å². The van der Waals surface area contributed by atoms with Gasteiger partial charge in [-0.3, -0.25) is 9.89 Å². The van der Waals surface area contributed by atoms with Crippen molar-refractivity contribution in [3.05, 3.63) is 165 Å². The van der Waals surface area contributed by atoms with Gasteiger partial charge in [-0.15, -0.1) is 12.2 Å². The Morgan fingerprint density at radius 1 is 0.833 bits per heavy atom. The first-order chi connectivity index (χ1) is 23.2. The van der Waals surface area contributed by atoms with Crippen molar-refractivity contribution in [3.63, 3.8) is 0 Å². The number of H-pyrrole nitrogens is 1. The molecule has 1 saturated carbocycles. The normalized spacial score (nSPS) is 22.2. The first-order valence-electron chi connectivity index (χ1n) is 17.1. The fourth-order valence-corrected chi connectivity index (χ4v) is 8.10. The minimum Gasteiger partial charge on any atom is -0.851 e. The molecule has 4 aromatic carbocycles. The van der Waals surface area contributed by atoms with E-state index in [0.29, 0.717) is 23.5 Å². The largest absolute Gasteiger partial charge is 0.851 e. The molecular weight excluding hydrogens is 594 g/mol. The third-order valence-corrected chi connectivity index (χ3v) is 10.5. The summed E-state index contributed by atoms with van der Waals surface area (Å²) in [6.07, 6.45) is 0.985. The first-order valence-corrected chi connectivity index (χ1v) is 17.1. The van der Waals surface area contributed by atoms with Crippen LogP contribution in [0.4, 0.5) is 5.69 Å². The highest BCUT2D eigenvalue weighted by molar-refractivity contribution is 5.73. The second-order valence-corrected chi connectivity index (χ2v) is 13.8. The Balaban J connectivity index is 1.35. The SMILES string of the molecule is CCN1C(=CC2C([O-])C(c3c(C(C)C)[nH]n(-c4ccccc4)c3=O)C2[O-])C(Cc2ccccc2)(Cc2ccccc2)c2cc(C)ccc21. The summed E-state index contributed by atoms with van der Waals surface area (Å²) in [6, 6.07) is 37.0. The van der Waals surface area contributed by atoms with Crippen molar-refractivity contribution in [1.82, 2.24) is 9.78 Å². The minimum atomic E-state index is -1.24. The number of allylic oxidation sites excluding steroid dienone is 1. The van der Waals surface area contributed by atoms with E-state index in [1.54, 1.807) is 0 Å². The highest BCUT2D eigenvalue weighted by atomic mass is 16.3. The van der Waals surface area contributed by atoms with Crippen molar-refractivity contribution in [2.45, 2.75) is 70.0 Å². The number of para-hydroxylation sites is 1. The van der Waals surface area contributed by atoms with Gasteiger partial charge in [0.1, 0.15) is 0 Å². The smallest absolute Gasteiger partial charge is 0.274 e. The number of nitrogens with zero attached hydrogens (tertiary/aromatic N) is 2. The van der Waals surface area contributed by atoms with Crippen LogP contribution in [0.25, 0.3) is 5.69 Å². The van der Waals surface area contributed by atoms with Gasteiger partial charge in [0.15, 0.2) is 0 Å². The van der Waals surface area contributed by atoms with Gasteiger partial charge < -0.3 is 15.1 Å². The minimum absolute atomic E-state index is 0.0537. The molecule has 2 heterocycles. The number of aromatic amines is 1. The van der Waals surface area contributed by atoms with Gasteiger partial charge in [0.05, 0.1) is 5.69 Å². The van der Waals surface area contributed by atoms with Crippen molar-refractivity contribution in [1.29, 1.82) is 0 Å². The number of anilines is 1. The van der Waals surface area contributed by atoms with Gasteiger partial charge >= 0.3 is 0 Å². The number of aryl methyl sites for hydroxylation is 1. The van der Waals surface area contributed by atoms with E-state index in [4.69, 9.17) is 0 Å². The quantitative estimate of drug-likeness (QED) is 0.218. The van der Waals surface area contributed by atoms with Gasteiger partial charge in [-0.2, -0.15) is 0 Å². The Morgan fingerprint density at radius 3 is 1.94 bits per heavy atom. The number of benzene rings is 4. The van der Waals surface area contributed by atoms with E-state index < -0.39 is 29.5 Å². The predicted molar refractivity (Wildman–Crippen MR) is 189 cm³/mol. The molecule has 48 heavy (non-hydrogen) atoms. The lowest BCUT2D eigenvalue weighted by molar-refractivity contribution is -0.543. The Labute approximate surface area is 283 Å². The molecule has 1 aliphatic heterocycles. The maximum absolute atomic E-state index is 14.3. The number of hydrogen-bond acceptors (Lipinski definition) is 4. The van der Waals surface area contributed by atoms with Gasteiger partial charge in [0.25, 0.3) is 5.56 Å². The van der Waals surface area contributed by atoms with Crippen LogP contribution in [0.5, 0.6) is 0 Å². The summed E-state index contributed by atoms with van der Waals surface area (Å²) in [5.74, 6) is -1.74. The van der Waals surface area contributed by atoms with E-state index in [-0.39, 0.29) is 11.5 Å². The second kappa shape index (κ2) is 12.8. The summed E-state index contributed by atoms with van der Waals surface area (Å²) in [7, 11) is 0. The van der Waals surface area contributed by atoms with E-state index in [1.165, 1.54) is 26.9 Å². The van der Waals surface area contributed by atoms with Crippen LogP contribution in [0, 0.1) is 12.8 Å². The number of nitrogens with one attached hydrogen (secondary N) is 1. The molecule has 2 atom stereocenters. The molecule has 6 heteroatoms. The molecule has 1 N–H and O–H groups in total. The van der Waals surface area contributed by atoms with E-state index in [2.05, 4.69) is 90.6 Å². The lowest BCUT2D eigenvalue weighted by Crippen LogP contribution is -2.65. The van der Waals surface area contributed by atoms with Crippen molar-refractivity contribution in [3.8, 4) is 5.69 Å². The molecule has 0 spiro atoms. The van der Waals surface area contributed by atoms with Gasteiger partial charge in [-0.05, 0) is 79.3 Å². The highest BCUT2D eigenvalue weighted by Gasteiger charge is 2.49. The summed E-state index contributed by atoms with van der Waals surface area (Å²) < 4.78 is 1.48. The van der Waals surface area contributed by atoms with Crippen molar-refractivity contribution < 1.29 is 10.2 Å². The molecule has 7 rings (SSSR count). The maximum atomic E-state index is 14.3. The molecule has 0 bridgehead atoms. The monoisotopic (exact) mass is 637 g/mol. The molecule has 0 saturated heterocycles. The zero-order valence-electron chi connectivity index (χ0n) is 28.1. The van der Waals surface area contributed by atoms with Crippen LogP contribution in [0.15, 0.2) is 126 Å². The van der Waals surface area contributed by atoms with Gasteiger partial charge in [0, 0.05) is 34.6 Å². The van der Waals surface area contributed by atoms with E-state index in [1.807, 2.05) is 62.4 Å². The zero-order valence-corrected chi connectivity index (χ0v) is 28.1. The molecule has 1 aliphatic carbocycles. The average Bonchev–Trinajstić information content (AvgIpc) is 3.56. The van der Waals surface area contributed by atoms with E-state index in [9.17, 15) is 15.0 Å². The Morgan fingerprint density at radius 2 is 1.40 bits per heavy atom. The molecule has 0 amide bonds.